The Bertz CT molecular complexity index is 626. The number of carbonyl (C=O) groups excluding carboxylic acids is 1. The largest absolute Gasteiger partial charge is 0.444 e. The van der Waals surface area contributed by atoms with Crippen LogP contribution in [-0.4, -0.2) is 38.4 Å². The van der Waals surface area contributed by atoms with Crippen LogP contribution >= 0.6 is 0 Å². The number of hydrogen-bond acceptors (Lipinski definition) is 4. The number of hydrogen-bond donors (Lipinski definition) is 0. The maximum Gasteiger partial charge on any atom is 0.414 e. The molecule has 116 valence electrons. The first-order valence-corrected chi connectivity index (χ1v) is 7.22. The van der Waals surface area contributed by atoms with Crippen molar-refractivity contribution in [2.45, 2.75) is 18.9 Å². The summed E-state index contributed by atoms with van der Waals surface area (Å²) < 4.78 is 19.4. The first-order valence-electron chi connectivity index (χ1n) is 7.22. The Balaban J connectivity index is 1.76. The van der Waals surface area contributed by atoms with Crippen molar-refractivity contribution in [1.82, 2.24) is 0 Å². The maximum atomic E-state index is 14.3. The zero-order valence-corrected chi connectivity index (χ0v) is 12.0. The standard InChI is InChI=1S/C14H16FN5O2/c15-12-7-10(3-4-13(12)19-5-1-2-6-19)20-9-11(8-17-18-16)22-14(20)21/h3-4,7,11H,1-2,5-6,8-9H2. The van der Waals surface area contributed by atoms with Crippen LogP contribution in [0.25, 0.3) is 10.4 Å². The second-order valence-corrected chi connectivity index (χ2v) is 5.36. The zero-order chi connectivity index (χ0) is 15.5. The summed E-state index contributed by atoms with van der Waals surface area (Å²) in [6.45, 7) is 2.04. The summed E-state index contributed by atoms with van der Waals surface area (Å²) in [7, 11) is 0. The van der Waals surface area contributed by atoms with Gasteiger partial charge in [-0.25, -0.2) is 9.18 Å². The molecule has 1 atom stereocenters. The van der Waals surface area contributed by atoms with Crippen molar-refractivity contribution in [3.05, 3.63) is 34.5 Å². The van der Waals surface area contributed by atoms with Gasteiger partial charge >= 0.3 is 6.09 Å². The molecular formula is C14H16FN5O2. The quantitative estimate of drug-likeness (QED) is 0.487. The van der Waals surface area contributed by atoms with Crippen molar-refractivity contribution in [2.24, 2.45) is 5.11 Å². The van der Waals surface area contributed by atoms with Gasteiger partial charge < -0.3 is 9.64 Å². The molecule has 0 bridgehead atoms. The SMILES string of the molecule is [N-]=[N+]=NCC1CN(c2ccc(N3CCCC3)c(F)c2)C(=O)O1. The monoisotopic (exact) mass is 305 g/mol. The number of azide groups is 1. The lowest BCUT2D eigenvalue weighted by atomic mass is 10.2. The fourth-order valence-corrected chi connectivity index (χ4v) is 2.83. The van der Waals surface area contributed by atoms with Crippen LogP contribution < -0.4 is 9.80 Å². The minimum absolute atomic E-state index is 0.0765. The molecular weight excluding hydrogens is 289 g/mol. The number of carbonyl (C=O) groups is 1. The van der Waals surface area contributed by atoms with Crippen molar-refractivity contribution in [2.75, 3.05) is 36.0 Å². The van der Waals surface area contributed by atoms with Crippen LogP contribution in [0.2, 0.25) is 0 Å². The van der Waals surface area contributed by atoms with Gasteiger partial charge in [0, 0.05) is 18.0 Å². The molecule has 7 nitrogen and oxygen atoms in total. The lowest BCUT2D eigenvalue weighted by molar-refractivity contribution is 0.145. The van der Waals surface area contributed by atoms with Crippen molar-refractivity contribution < 1.29 is 13.9 Å². The van der Waals surface area contributed by atoms with Crippen LogP contribution in [0.15, 0.2) is 23.3 Å². The Morgan fingerprint density at radius 2 is 2.18 bits per heavy atom. The van der Waals surface area contributed by atoms with E-state index in [-0.39, 0.29) is 18.9 Å². The third kappa shape index (κ3) is 2.78. The number of nitrogens with zero attached hydrogens (tertiary/aromatic N) is 5. The van der Waals surface area contributed by atoms with Gasteiger partial charge in [0.2, 0.25) is 0 Å². The fraction of sp³-hybridized carbons (Fsp3) is 0.500. The molecule has 1 aromatic rings. The summed E-state index contributed by atoms with van der Waals surface area (Å²) in [5.74, 6) is -0.342. The first-order chi connectivity index (χ1) is 10.7. The molecule has 2 fully saturated rings. The van der Waals surface area contributed by atoms with E-state index >= 15 is 0 Å². The van der Waals surface area contributed by atoms with E-state index in [9.17, 15) is 9.18 Å². The van der Waals surface area contributed by atoms with E-state index in [1.165, 1.54) is 11.0 Å². The van der Waals surface area contributed by atoms with E-state index < -0.39 is 12.2 Å². The zero-order valence-electron chi connectivity index (χ0n) is 12.0. The van der Waals surface area contributed by atoms with Gasteiger partial charge in [-0.2, -0.15) is 0 Å². The number of cyclic esters (lactones) is 1. The molecule has 2 aliphatic heterocycles. The lowest BCUT2D eigenvalue weighted by Gasteiger charge is -2.20. The Morgan fingerprint density at radius 3 is 2.86 bits per heavy atom. The summed E-state index contributed by atoms with van der Waals surface area (Å²) in [4.78, 5) is 17.8. The van der Waals surface area contributed by atoms with E-state index in [2.05, 4.69) is 10.0 Å². The van der Waals surface area contributed by atoms with Crippen molar-refractivity contribution >= 4 is 17.5 Å². The van der Waals surface area contributed by atoms with Crippen LogP contribution in [0.5, 0.6) is 0 Å². The van der Waals surface area contributed by atoms with Crippen LogP contribution in [0.1, 0.15) is 12.8 Å². The third-order valence-electron chi connectivity index (χ3n) is 3.91. The molecule has 22 heavy (non-hydrogen) atoms. The summed E-state index contributed by atoms with van der Waals surface area (Å²) in [6, 6.07) is 4.77. The number of rotatable bonds is 4. The highest BCUT2D eigenvalue weighted by Crippen LogP contribution is 2.29. The minimum Gasteiger partial charge on any atom is -0.444 e. The molecule has 0 spiro atoms. The minimum atomic E-state index is -0.550. The molecule has 2 heterocycles. The molecule has 0 aliphatic carbocycles. The second-order valence-electron chi connectivity index (χ2n) is 5.36. The number of ether oxygens (including phenoxy) is 1. The molecule has 2 aliphatic rings. The highest BCUT2D eigenvalue weighted by molar-refractivity contribution is 5.90. The molecule has 1 aromatic carbocycles. The predicted octanol–water partition coefficient (Wildman–Crippen LogP) is 3.06. The van der Waals surface area contributed by atoms with Gasteiger partial charge in [-0.1, -0.05) is 5.11 Å². The van der Waals surface area contributed by atoms with E-state index in [0.717, 1.165) is 25.9 Å². The van der Waals surface area contributed by atoms with Crippen molar-refractivity contribution in [3.63, 3.8) is 0 Å². The van der Waals surface area contributed by atoms with Gasteiger partial charge in [0.05, 0.1) is 24.5 Å². The normalized spacial score (nSPS) is 21.0. The summed E-state index contributed by atoms with van der Waals surface area (Å²) in [5.41, 5.74) is 9.32. The van der Waals surface area contributed by atoms with Crippen molar-refractivity contribution in [3.8, 4) is 0 Å². The molecule has 0 saturated carbocycles. The van der Waals surface area contributed by atoms with E-state index in [1.807, 2.05) is 4.90 Å². The number of halogens is 1. The van der Waals surface area contributed by atoms with E-state index in [4.69, 9.17) is 10.3 Å². The molecule has 2 saturated heterocycles. The van der Waals surface area contributed by atoms with E-state index in [1.54, 1.807) is 12.1 Å². The van der Waals surface area contributed by atoms with Crippen LogP contribution in [-0.2, 0) is 4.74 Å². The Labute approximate surface area is 126 Å². The van der Waals surface area contributed by atoms with Gasteiger partial charge in [-0.05, 0) is 36.6 Å². The van der Waals surface area contributed by atoms with Gasteiger partial charge in [0.1, 0.15) is 11.9 Å². The van der Waals surface area contributed by atoms with Gasteiger partial charge in [-0.3, -0.25) is 4.90 Å². The molecule has 0 aromatic heterocycles. The molecule has 8 heteroatoms. The number of anilines is 2. The third-order valence-corrected chi connectivity index (χ3v) is 3.91. The highest BCUT2D eigenvalue weighted by Gasteiger charge is 2.32. The Kier molecular flexibility index (Phi) is 4.02. The van der Waals surface area contributed by atoms with Gasteiger partial charge in [0.25, 0.3) is 0 Å². The van der Waals surface area contributed by atoms with Crippen molar-refractivity contribution in [1.29, 1.82) is 0 Å². The Hall–Kier alpha value is -2.47. The molecule has 1 amide bonds. The van der Waals surface area contributed by atoms with Crippen LogP contribution in [0, 0.1) is 5.82 Å². The molecule has 1 unspecified atom stereocenters. The molecule has 0 radical (unpaired) electrons. The number of benzene rings is 1. The average molecular weight is 305 g/mol. The fourth-order valence-electron chi connectivity index (χ4n) is 2.83. The highest BCUT2D eigenvalue weighted by atomic mass is 19.1. The van der Waals surface area contributed by atoms with Crippen LogP contribution in [0.4, 0.5) is 20.6 Å². The predicted molar refractivity (Wildman–Crippen MR) is 79.5 cm³/mol. The van der Waals surface area contributed by atoms with E-state index in [0.29, 0.717) is 11.4 Å². The number of amides is 1. The lowest BCUT2D eigenvalue weighted by Crippen LogP contribution is -2.25. The average Bonchev–Trinajstić information content (AvgIpc) is 3.14. The Morgan fingerprint density at radius 1 is 1.41 bits per heavy atom. The molecule has 0 N–H and O–H groups in total. The van der Waals surface area contributed by atoms with Gasteiger partial charge in [0.15, 0.2) is 0 Å². The topological polar surface area (TPSA) is 81.5 Å². The van der Waals surface area contributed by atoms with Gasteiger partial charge in [-0.15, -0.1) is 0 Å². The summed E-state index contributed by atoms with van der Waals surface area (Å²) in [5, 5.41) is 3.40. The smallest absolute Gasteiger partial charge is 0.414 e. The summed E-state index contributed by atoms with van der Waals surface area (Å²) >= 11 is 0. The second kappa shape index (κ2) is 6.11. The maximum absolute atomic E-state index is 14.3. The first kappa shape index (κ1) is 14.5. The van der Waals surface area contributed by atoms with Crippen LogP contribution in [0.3, 0.4) is 0 Å². The molecule has 3 rings (SSSR count). The summed E-state index contributed by atoms with van der Waals surface area (Å²) in [6.07, 6.45) is 1.10.